The third kappa shape index (κ3) is 12.4. The van der Waals surface area contributed by atoms with Gasteiger partial charge in [0.1, 0.15) is 115 Å². The molecule has 0 aromatic carbocycles. The largest absolute Gasteiger partial charge is 0.432 e. The number of ether oxygens (including phenoxy) is 12. The molecule has 0 radical (unpaired) electrons. The number of carbonyl (C=O) groups excluding carboxylic acids is 1. The molecule has 32 nitrogen and oxygen atoms in total. The summed E-state index contributed by atoms with van der Waals surface area (Å²) in [5.41, 5.74) is -5.40. The monoisotopic (exact) mass is 1370 g/mol. The lowest BCUT2D eigenvalue weighted by atomic mass is 9.32. The summed E-state index contributed by atoms with van der Waals surface area (Å²) < 4.78 is 71.2. The van der Waals surface area contributed by atoms with Crippen LogP contribution in [0.1, 0.15) is 100 Å². The van der Waals surface area contributed by atoms with Gasteiger partial charge in [0.15, 0.2) is 37.6 Å². The Hall–Kier alpha value is -1.99. The zero-order valence-electron chi connectivity index (χ0n) is 54.5. The number of aliphatic hydroxyl groups is 19. The third-order valence-electron chi connectivity index (χ3n) is 24.4. The van der Waals surface area contributed by atoms with Crippen LogP contribution in [0.2, 0.25) is 0 Å². The fourth-order valence-electron chi connectivity index (χ4n) is 18.9. The third-order valence-corrected chi connectivity index (χ3v) is 24.4. The molecule has 10 fully saturated rings. The van der Waals surface area contributed by atoms with Crippen molar-refractivity contribution < 1.29 is 159 Å². The van der Waals surface area contributed by atoms with E-state index in [1.54, 1.807) is 6.92 Å². The number of esters is 1. The van der Waals surface area contributed by atoms with Crippen LogP contribution in [-0.4, -0.2) is 326 Å². The van der Waals surface area contributed by atoms with Crippen molar-refractivity contribution in [2.45, 2.75) is 291 Å². The molecule has 0 aromatic heterocycles. The van der Waals surface area contributed by atoms with Gasteiger partial charge in [-0.25, -0.2) is 0 Å². The number of hydrogen-bond acceptors (Lipinski definition) is 32. The average Bonchev–Trinajstić information content (AvgIpc) is 0.666. The lowest BCUT2D eigenvalue weighted by Crippen LogP contribution is -2.73. The lowest BCUT2D eigenvalue weighted by molar-refractivity contribution is -0.386. The Labute approximate surface area is 548 Å². The number of rotatable bonds is 14. The molecule has 0 spiro atoms. The van der Waals surface area contributed by atoms with Crippen LogP contribution in [0.3, 0.4) is 0 Å². The van der Waals surface area contributed by atoms with Crippen molar-refractivity contribution in [1.82, 2.24) is 0 Å². The molecule has 95 heavy (non-hydrogen) atoms. The number of fused-ring (bicyclic) bond motifs is 7. The highest BCUT2D eigenvalue weighted by molar-refractivity contribution is 5.80. The molecule has 39 atom stereocenters. The van der Waals surface area contributed by atoms with Crippen molar-refractivity contribution in [1.29, 1.82) is 0 Å². The number of hydrogen-bond donors (Lipinski definition) is 19. The van der Waals surface area contributed by atoms with Crippen LogP contribution in [0.4, 0.5) is 0 Å². The number of allylic oxidation sites excluding steroid dienone is 2. The number of carbonyl (C=O) groups is 1. The van der Waals surface area contributed by atoms with Crippen molar-refractivity contribution in [3.63, 3.8) is 0 Å². The van der Waals surface area contributed by atoms with Gasteiger partial charge in [0, 0.05) is 11.3 Å². The minimum absolute atomic E-state index is 0.0182. The first-order valence-electron chi connectivity index (χ1n) is 33.2. The highest BCUT2D eigenvalue weighted by atomic mass is 16.8. The Morgan fingerprint density at radius 3 is 1.72 bits per heavy atom. The van der Waals surface area contributed by atoms with E-state index in [2.05, 4.69) is 19.9 Å². The SMILES string of the molecule is C[C@@H]1O[C@@H](O[C@@H]2[C@@H](O)[C@H](O[C@@H]3[C@@H](O)[C@@H](O)[C@H](O[C@@H]4[C@H](OC(=O)[C@]56CCC(C)(C)C[C@H]5C5=CC[C@@H]7[C@@]8(C)C[C@H](O)[C@H](O[C@@H]9O[C@H](CO)[C@@H](O)[C@H](O)[C@H]9O)[C@@](C)(CO)[C@@H]8[C@H](O)C[C@@]7(C)[C@]5(C)C[C@H]6O)OC[C@@H](O)[C@H]4O)O[C@H]3C)OC[C@H]2O[C@@H]2OC[C@@H](O)[C@H](O)[C@H]2O)[C@H](O)[C@H](O)[C@H]1O. The van der Waals surface area contributed by atoms with Crippen molar-refractivity contribution in [2.75, 3.05) is 33.0 Å². The van der Waals surface area contributed by atoms with Crippen LogP contribution >= 0.6 is 0 Å². The van der Waals surface area contributed by atoms with Crippen LogP contribution in [-0.2, 0) is 61.6 Å². The second-order valence-corrected chi connectivity index (χ2v) is 30.8. The fraction of sp³-hybridized carbons (Fsp3) is 0.952. The molecule has 0 aromatic rings. The smallest absolute Gasteiger partial charge is 0.317 e. The van der Waals surface area contributed by atoms with E-state index < -0.39 is 274 Å². The van der Waals surface area contributed by atoms with Crippen molar-refractivity contribution >= 4 is 5.97 Å². The lowest BCUT2D eigenvalue weighted by Gasteiger charge is -2.73. The predicted molar refractivity (Wildman–Crippen MR) is 313 cm³/mol. The average molecular weight is 1370 g/mol. The van der Waals surface area contributed by atoms with E-state index in [4.69, 9.17) is 56.8 Å². The maximum atomic E-state index is 15.6. The molecule has 11 rings (SSSR count). The zero-order chi connectivity index (χ0) is 69.5. The molecule has 5 aliphatic carbocycles. The molecule has 0 unspecified atom stereocenters. The van der Waals surface area contributed by atoms with E-state index in [0.29, 0.717) is 19.3 Å². The molecule has 6 heterocycles. The summed E-state index contributed by atoms with van der Waals surface area (Å²) in [4.78, 5) is 15.6. The van der Waals surface area contributed by atoms with E-state index in [0.717, 1.165) is 5.57 Å². The summed E-state index contributed by atoms with van der Waals surface area (Å²) in [5.74, 6) is -2.73. The topological polar surface area (TPSA) is 512 Å². The Balaban J connectivity index is 0.805. The molecule has 6 aliphatic heterocycles. The van der Waals surface area contributed by atoms with E-state index in [-0.39, 0.29) is 31.6 Å². The van der Waals surface area contributed by atoms with Crippen LogP contribution < -0.4 is 0 Å². The van der Waals surface area contributed by atoms with Gasteiger partial charge in [-0.15, -0.1) is 0 Å². The van der Waals surface area contributed by atoms with Crippen LogP contribution in [0, 0.1) is 50.2 Å². The van der Waals surface area contributed by atoms with Gasteiger partial charge in [-0.1, -0.05) is 53.2 Å². The molecule has 6 saturated heterocycles. The number of aliphatic hydroxyl groups excluding tert-OH is 19. The summed E-state index contributed by atoms with van der Waals surface area (Å²) in [7, 11) is 0. The quantitative estimate of drug-likeness (QED) is 0.0437. The van der Waals surface area contributed by atoms with Gasteiger partial charge in [-0.05, 0) is 92.3 Å². The second-order valence-electron chi connectivity index (χ2n) is 30.8. The van der Waals surface area contributed by atoms with Gasteiger partial charge in [-0.3, -0.25) is 4.79 Å². The molecule has 0 amide bonds. The Bertz CT molecular complexity index is 2700. The van der Waals surface area contributed by atoms with Gasteiger partial charge < -0.3 is 154 Å². The molecule has 0 bridgehead atoms. The summed E-state index contributed by atoms with van der Waals surface area (Å²) in [6.07, 6.45) is -47.6. The minimum Gasteiger partial charge on any atom is -0.432 e. The van der Waals surface area contributed by atoms with Crippen LogP contribution in [0.5, 0.6) is 0 Å². The standard InChI is InChI=1S/C63H102O32/c1-22-34(71)38(75)42(79)53(87-22)92-47-31(90-51-41(78)35(72)28(68)18-84-51)20-86-52(45(47)82)91-46-23(2)88-54(44(81)40(46)77)93-48-36(73)29(69)19-85-56(48)95-57(83)63-12-11-58(3,4)13-25(63)24-9-10-32-59(5)14-27(67)50(94-55-43(80)39(76)37(74)30(17-64)89-55)60(6,21-65)49(59)26(66)15-62(32,8)61(24,7)16-33(63)70/h9,22-23,25-56,64-82H,10-21H2,1-8H3/t22-,23-,25-,26+,27-,28+,29+,30+,31+,32+,33+,34-,35-,36+,37+,38+,39-,40-,41+,42+,43+,44+,45+,46-,47-,48-,49+,50-,51-,52-,53-,54-,55-,56-,59+,60-,61+,62+,63+/m0/s1. The van der Waals surface area contributed by atoms with E-state index in [1.807, 2.05) is 20.8 Å². The van der Waals surface area contributed by atoms with Gasteiger partial charge >= 0.3 is 5.97 Å². The van der Waals surface area contributed by atoms with Crippen molar-refractivity contribution in [3.8, 4) is 0 Å². The molecule has 19 N–H and O–H groups in total. The first-order chi connectivity index (χ1) is 44.4. The van der Waals surface area contributed by atoms with E-state index >= 15 is 4.79 Å². The zero-order valence-corrected chi connectivity index (χ0v) is 54.5. The molecule has 32 heteroatoms. The Morgan fingerprint density at radius 2 is 1.06 bits per heavy atom. The first-order valence-corrected chi connectivity index (χ1v) is 33.2. The van der Waals surface area contributed by atoms with E-state index in [1.165, 1.54) is 13.8 Å². The summed E-state index contributed by atoms with van der Waals surface area (Å²) in [6, 6.07) is 0. The normalized spacial score (nSPS) is 56.4. The van der Waals surface area contributed by atoms with Crippen LogP contribution in [0.15, 0.2) is 11.6 Å². The summed E-state index contributed by atoms with van der Waals surface area (Å²) in [6.45, 7) is 11.6. The Morgan fingerprint density at radius 1 is 0.505 bits per heavy atom. The predicted octanol–water partition coefficient (Wildman–Crippen LogP) is -6.53. The van der Waals surface area contributed by atoms with Crippen LogP contribution in [0.25, 0.3) is 0 Å². The molecule has 4 saturated carbocycles. The summed E-state index contributed by atoms with van der Waals surface area (Å²) in [5, 5.41) is 213. The first kappa shape index (κ1) is 74.2. The molecule has 11 aliphatic rings. The van der Waals surface area contributed by atoms with Crippen molar-refractivity contribution in [3.05, 3.63) is 11.6 Å². The fourth-order valence-corrected chi connectivity index (χ4v) is 18.9. The second kappa shape index (κ2) is 27.3. The van der Waals surface area contributed by atoms with Gasteiger partial charge in [0.05, 0.1) is 69.7 Å². The van der Waals surface area contributed by atoms with Gasteiger partial charge in [-0.2, -0.15) is 0 Å². The maximum Gasteiger partial charge on any atom is 0.317 e. The molecule has 546 valence electrons. The summed E-state index contributed by atoms with van der Waals surface area (Å²) >= 11 is 0. The highest BCUT2D eigenvalue weighted by Crippen LogP contribution is 2.76. The molecular formula is C63H102O32. The van der Waals surface area contributed by atoms with E-state index in [9.17, 15) is 97.0 Å². The van der Waals surface area contributed by atoms with Crippen molar-refractivity contribution in [2.24, 2.45) is 50.2 Å². The highest BCUT2D eigenvalue weighted by Gasteiger charge is 2.75. The van der Waals surface area contributed by atoms with Gasteiger partial charge in [0.25, 0.3) is 0 Å². The van der Waals surface area contributed by atoms with Gasteiger partial charge in [0.2, 0.25) is 6.29 Å². The molecular weight excluding hydrogens is 1270 g/mol. The maximum absolute atomic E-state index is 15.6. The Kier molecular flexibility index (Phi) is 21.3. The minimum atomic E-state index is -2.07.